The highest BCUT2D eigenvalue weighted by Gasteiger charge is 2.37. The summed E-state index contributed by atoms with van der Waals surface area (Å²) < 4.78 is 29.2. The molecule has 1 nitrogen and oxygen atoms in total. The van der Waals surface area contributed by atoms with Gasteiger partial charge in [0.1, 0.15) is 16.6 Å². The molecule has 0 bridgehead atoms. The first-order valence-electron chi connectivity index (χ1n) is 7.37. The molecule has 1 heterocycles. The zero-order valence-electron chi connectivity index (χ0n) is 12.5. The van der Waals surface area contributed by atoms with Gasteiger partial charge in [0.25, 0.3) is 0 Å². The zero-order valence-corrected chi connectivity index (χ0v) is 14.1. The van der Waals surface area contributed by atoms with Crippen LogP contribution < -0.4 is 4.74 Å². The van der Waals surface area contributed by atoms with Crippen molar-refractivity contribution in [2.24, 2.45) is 0 Å². The van der Waals surface area contributed by atoms with Crippen molar-refractivity contribution < 1.29 is 13.5 Å². The largest absolute Gasteiger partial charge is 0.435 e. The second-order valence-corrected chi connectivity index (χ2v) is 8.20. The van der Waals surface area contributed by atoms with Crippen LogP contribution in [0.2, 0.25) is 0 Å². The molecule has 0 fully saturated rings. The van der Waals surface area contributed by atoms with Crippen LogP contribution in [0, 0.1) is 0 Å². The van der Waals surface area contributed by atoms with Crippen LogP contribution in [0.4, 0.5) is 8.78 Å². The van der Waals surface area contributed by atoms with Crippen molar-refractivity contribution in [1.29, 1.82) is 0 Å². The molecule has 0 saturated heterocycles. The third kappa shape index (κ3) is 2.89. The molecule has 1 aliphatic rings. The number of ether oxygens (including phenoxy) is 1. The Morgan fingerprint density at radius 3 is 1.83 bits per heavy atom. The second-order valence-electron chi connectivity index (χ2n) is 5.15. The van der Waals surface area contributed by atoms with E-state index in [2.05, 4.69) is 29.0 Å². The van der Waals surface area contributed by atoms with Crippen LogP contribution in [0.3, 0.4) is 0 Å². The van der Waals surface area contributed by atoms with Gasteiger partial charge in [0.05, 0.1) is 9.79 Å². The van der Waals surface area contributed by atoms with E-state index in [0.29, 0.717) is 0 Å². The summed E-state index contributed by atoms with van der Waals surface area (Å²) in [5.41, 5.74) is 0. The lowest BCUT2D eigenvalue weighted by atomic mass is 10.3. The van der Waals surface area contributed by atoms with E-state index in [-0.39, 0.29) is 16.6 Å². The van der Waals surface area contributed by atoms with Crippen molar-refractivity contribution in [2.75, 3.05) is 0 Å². The van der Waals surface area contributed by atoms with Crippen LogP contribution in [-0.2, 0) is 10.9 Å². The summed E-state index contributed by atoms with van der Waals surface area (Å²) >= 11 is 1.78. The number of benzene rings is 3. The minimum Gasteiger partial charge on any atom is -0.435 e. The molecular formula is C19H13F2OS2+. The number of hydrogen-bond donors (Lipinski definition) is 0. The highest BCUT2D eigenvalue weighted by Crippen LogP contribution is 2.48. The standard InChI is InChI=1S/C19H13F2OS2/c20-19(21)22-13-9-11-14(12-10-13)24-17-7-3-1-5-15(17)23-16-6-2-4-8-18(16)24/h1-12,19H/q+1. The lowest BCUT2D eigenvalue weighted by Crippen LogP contribution is -2.11. The first kappa shape index (κ1) is 15.5. The van der Waals surface area contributed by atoms with E-state index >= 15 is 0 Å². The van der Waals surface area contributed by atoms with E-state index in [1.165, 1.54) is 19.6 Å². The maximum Gasteiger partial charge on any atom is 0.387 e. The fourth-order valence-corrected chi connectivity index (χ4v) is 6.39. The van der Waals surface area contributed by atoms with Crippen LogP contribution in [0.5, 0.6) is 5.75 Å². The van der Waals surface area contributed by atoms with E-state index in [0.717, 1.165) is 4.90 Å². The van der Waals surface area contributed by atoms with Gasteiger partial charge in [0, 0.05) is 0 Å². The first-order chi connectivity index (χ1) is 11.7. The van der Waals surface area contributed by atoms with Gasteiger partial charge in [-0.25, -0.2) is 0 Å². The average molecular weight is 359 g/mol. The fourth-order valence-electron chi connectivity index (χ4n) is 2.65. The van der Waals surface area contributed by atoms with Crippen molar-refractivity contribution in [3.8, 4) is 5.75 Å². The van der Waals surface area contributed by atoms with Gasteiger partial charge in [-0.05, 0) is 48.5 Å². The summed E-state index contributed by atoms with van der Waals surface area (Å²) in [6, 6.07) is 23.7. The highest BCUT2D eigenvalue weighted by atomic mass is 32.2. The van der Waals surface area contributed by atoms with Crippen LogP contribution in [0.1, 0.15) is 0 Å². The van der Waals surface area contributed by atoms with Crippen molar-refractivity contribution in [1.82, 2.24) is 0 Å². The quantitative estimate of drug-likeness (QED) is 0.425. The van der Waals surface area contributed by atoms with Gasteiger partial charge in [-0.2, -0.15) is 8.78 Å². The Labute approximate surface area is 146 Å². The summed E-state index contributed by atoms with van der Waals surface area (Å²) in [4.78, 5) is 6.11. The molecule has 0 aliphatic carbocycles. The molecule has 3 aromatic rings. The smallest absolute Gasteiger partial charge is 0.387 e. The Bertz CT molecular complexity index is 820. The van der Waals surface area contributed by atoms with Gasteiger partial charge < -0.3 is 4.74 Å². The maximum atomic E-state index is 12.3. The Morgan fingerprint density at radius 1 is 0.750 bits per heavy atom. The van der Waals surface area contributed by atoms with Gasteiger partial charge in [-0.15, -0.1) is 0 Å². The van der Waals surface area contributed by atoms with Gasteiger partial charge in [-0.1, -0.05) is 36.0 Å². The van der Waals surface area contributed by atoms with Crippen LogP contribution in [0.25, 0.3) is 0 Å². The lowest BCUT2D eigenvalue weighted by Gasteiger charge is -2.18. The third-order valence-corrected chi connectivity index (χ3v) is 7.39. The van der Waals surface area contributed by atoms with Crippen LogP contribution >= 0.6 is 11.8 Å². The summed E-state index contributed by atoms with van der Waals surface area (Å²) in [6.45, 7) is -2.80. The van der Waals surface area contributed by atoms with Gasteiger partial charge in [0.2, 0.25) is 0 Å². The highest BCUT2D eigenvalue weighted by molar-refractivity contribution is 8.04. The minimum atomic E-state index is -2.80. The number of fused-ring (bicyclic) bond motifs is 2. The molecule has 0 radical (unpaired) electrons. The van der Waals surface area contributed by atoms with Crippen molar-refractivity contribution >= 4 is 22.7 Å². The summed E-state index contributed by atoms with van der Waals surface area (Å²) in [5.74, 6) is 0.185. The fraction of sp³-hybridized carbons (Fsp3) is 0.0526. The van der Waals surface area contributed by atoms with E-state index in [1.807, 2.05) is 36.4 Å². The number of rotatable bonds is 3. The van der Waals surface area contributed by atoms with Crippen molar-refractivity contribution in [3.05, 3.63) is 72.8 Å². The molecule has 120 valence electrons. The molecular weight excluding hydrogens is 346 g/mol. The molecule has 0 saturated carbocycles. The number of halogens is 2. The second kappa shape index (κ2) is 6.49. The Balaban J connectivity index is 1.80. The predicted molar refractivity (Wildman–Crippen MR) is 92.2 cm³/mol. The molecule has 4 rings (SSSR count). The van der Waals surface area contributed by atoms with E-state index in [1.54, 1.807) is 23.9 Å². The van der Waals surface area contributed by atoms with Gasteiger partial charge in [-0.3, -0.25) is 0 Å². The molecule has 24 heavy (non-hydrogen) atoms. The number of hydrogen-bond acceptors (Lipinski definition) is 2. The SMILES string of the molecule is FC(F)Oc1ccc([S+]2c3ccccc3Sc3ccccc32)cc1. The normalized spacial score (nSPS) is 13.5. The van der Waals surface area contributed by atoms with Crippen LogP contribution in [0.15, 0.2) is 97.3 Å². The molecule has 0 atom stereocenters. The molecule has 3 aromatic carbocycles. The summed E-state index contributed by atoms with van der Waals surface area (Å²) in [6.07, 6.45) is 0. The molecule has 5 heteroatoms. The molecule has 0 amide bonds. The molecule has 0 unspecified atom stereocenters. The predicted octanol–water partition coefficient (Wildman–Crippen LogP) is 5.85. The topological polar surface area (TPSA) is 9.23 Å². The Morgan fingerprint density at radius 2 is 1.29 bits per heavy atom. The molecule has 0 spiro atoms. The Hall–Kier alpha value is -1.98. The van der Waals surface area contributed by atoms with Crippen molar-refractivity contribution in [3.63, 3.8) is 0 Å². The molecule has 0 aromatic heterocycles. The maximum absolute atomic E-state index is 12.3. The third-order valence-electron chi connectivity index (χ3n) is 3.64. The van der Waals surface area contributed by atoms with E-state index < -0.39 is 6.61 Å². The van der Waals surface area contributed by atoms with E-state index in [4.69, 9.17) is 0 Å². The lowest BCUT2D eigenvalue weighted by molar-refractivity contribution is -0.0498. The van der Waals surface area contributed by atoms with E-state index in [9.17, 15) is 8.78 Å². The summed E-state index contributed by atoms with van der Waals surface area (Å²) in [7, 11) is -0.243. The molecule has 1 aliphatic heterocycles. The summed E-state index contributed by atoms with van der Waals surface area (Å²) in [5, 5.41) is 0. The average Bonchev–Trinajstić information content (AvgIpc) is 2.60. The van der Waals surface area contributed by atoms with Crippen LogP contribution in [-0.4, -0.2) is 6.61 Å². The Kier molecular flexibility index (Phi) is 4.21. The monoisotopic (exact) mass is 359 g/mol. The molecule has 0 N–H and O–H groups in total. The number of alkyl halides is 2. The minimum absolute atomic E-state index is 0.185. The zero-order chi connectivity index (χ0) is 16.5. The van der Waals surface area contributed by atoms with Gasteiger partial charge in [0.15, 0.2) is 14.7 Å². The first-order valence-corrected chi connectivity index (χ1v) is 9.41. The van der Waals surface area contributed by atoms with Gasteiger partial charge >= 0.3 is 6.61 Å². The van der Waals surface area contributed by atoms with Crippen molar-refractivity contribution in [2.45, 2.75) is 31.1 Å².